The third kappa shape index (κ3) is 6.26. The minimum atomic E-state index is -4.12. The first-order valence-corrected chi connectivity index (χ1v) is 12.8. The molecule has 0 radical (unpaired) electrons. The number of sulfonamides is 1. The van der Waals surface area contributed by atoms with Crippen molar-refractivity contribution in [2.75, 3.05) is 18.7 Å². The fourth-order valence-corrected chi connectivity index (χ4v) is 5.17. The zero-order valence-electron chi connectivity index (χ0n) is 17.5. The molecule has 9 heteroatoms. The van der Waals surface area contributed by atoms with Gasteiger partial charge in [-0.2, -0.15) is 4.72 Å². The number of carbonyl (C=O) groups is 1. The van der Waals surface area contributed by atoms with Crippen LogP contribution in [-0.2, 0) is 21.2 Å². The molecular formula is C23H23ClN2O4S2. The molecule has 32 heavy (non-hydrogen) atoms. The number of thioether (sulfide) groups is 1. The first-order chi connectivity index (χ1) is 15.3. The van der Waals surface area contributed by atoms with Crippen LogP contribution < -0.4 is 14.8 Å². The molecule has 1 atom stereocenters. The van der Waals surface area contributed by atoms with Gasteiger partial charge in [-0.1, -0.05) is 48.0 Å². The predicted molar refractivity (Wildman–Crippen MR) is 129 cm³/mol. The van der Waals surface area contributed by atoms with Crippen molar-refractivity contribution in [3.05, 3.63) is 83.4 Å². The van der Waals surface area contributed by atoms with Gasteiger partial charge in [-0.3, -0.25) is 4.79 Å². The number of benzene rings is 3. The van der Waals surface area contributed by atoms with E-state index in [-0.39, 0.29) is 22.1 Å². The largest absolute Gasteiger partial charge is 0.495 e. The van der Waals surface area contributed by atoms with Crippen molar-refractivity contribution in [3.8, 4) is 5.75 Å². The third-order valence-corrected chi connectivity index (χ3v) is 7.10. The number of rotatable bonds is 9. The molecule has 0 aliphatic heterocycles. The average Bonchev–Trinajstić information content (AvgIpc) is 2.79. The summed E-state index contributed by atoms with van der Waals surface area (Å²) in [4.78, 5) is 14.0. The first kappa shape index (κ1) is 24.1. The van der Waals surface area contributed by atoms with Gasteiger partial charge in [0.1, 0.15) is 16.7 Å². The van der Waals surface area contributed by atoms with E-state index in [0.29, 0.717) is 5.69 Å². The molecule has 0 aliphatic carbocycles. The van der Waals surface area contributed by atoms with E-state index in [2.05, 4.69) is 10.0 Å². The van der Waals surface area contributed by atoms with Gasteiger partial charge in [-0.05, 0) is 54.6 Å². The van der Waals surface area contributed by atoms with Gasteiger partial charge in [0.15, 0.2) is 0 Å². The van der Waals surface area contributed by atoms with Gasteiger partial charge in [0, 0.05) is 15.6 Å². The minimum Gasteiger partial charge on any atom is -0.495 e. The van der Waals surface area contributed by atoms with Crippen LogP contribution in [0.25, 0.3) is 0 Å². The smallest absolute Gasteiger partial charge is 0.245 e. The van der Waals surface area contributed by atoms with E-state index >= 15 is 0 Å². The summed E-state index contributed by atoms with van der Waals surface area (Å²) in [7, 11) is -2.75. The minimum absolute atomic E-state index is 0.133. The Bertz CT molecular complexity index is 1190. The van der Waals surface area contributed by atoms with Gasteiger partial charge in [0.05, 0.1) is 7.11 Å². The van der Waals surface area contributed by atoms with Crippen LogP contribution in [0.15, 0.2) is 82.6 Å². The summed E-state index contributed by atoms with van der Waals surface area (Å²) >= 11 is 7.56. The normalized spacial score (nSPS) is 12.2. The number of halogens is 1. The molecule has 0 bridgehead atoms. The molecule has 3 aromatic carbocycles. The lowest BCUT2D eigenvalue weighted by Gasteiger charge is -2.20. The fraction of sp³-hybridized carbons (Fsp3) is 0.174. The van der Waals surface area contributed by atoms with Crippen LogP contribution in [0, 0.1) is 0 Å². The van der Waals surface area contributed by atoms with Crippen molar-refractivity contribution < 1.29 is 17.9 Å². The second-order valence-corrected chi connectivity index (χ2v) is 9.88. The Morgan fingerprint density at radius 3 is 2.50 bits per heavy atom. The van der Waals surface area contributed by atoms with Gasteiger partial charge in [-0.25, -0.2) is 8.42 Å². The van der Waals surface area contributed by atoms with E-state index in [1.165, 1.54) is 25.3 Å². The second kappa shape index (κ2) is 10.9. The number of methoxy groups -OCH3 is 1. The molecule has 0 heterocycles. The Balaban J connectivity index is 1.92. The highest BCUT2D eigenvalue weighted by Crippen LogP contribution is 2.27. The molecule has 0 fully saturated rings. The summed E-state index contributed by atoms with van der Waals surface area (Å²) in [5, 5.41) is 3.05. The lowest BCUT2D eigenvalue weighted by atomic mass is 10.1. The Labute approximate surface area is 197 Å². The highest BCUT2D eigenvalue weighted by Gasteiger charge is 2.28. The molecule has 3 aromatic rings. The van der Waals surface area contributed by atoms with Crippen molar-refractivity contribution in [1.29, 1.82) is 0 Å². The van der Waals surface area contributed by atoms with Gasteiger partial charge in [0.25, 0.3) is 0 Å². The van der Waals surface area contributed by atoms with Gasteiger partial charge < -0.3 is 10.1 Å². The highest BCUT2D eigenvalue weighted by molar-refractivity contribution is 7.98. The predicted octanol–water partition coefficient (Wildman–Crippen LogP) is 4.60. The van der Waals surface area contributed by atoms with E-state index < -0.39 is 22.0 Å². The van der Waals surface area contributed by atoms with E-state index in [1.807, 2.05) is 54.8 Å². The van der Waals surface area contributed by atoms with Crippen LogP contribution in [0.3, 0.4) is 0 Å². The van der Waals surface area contributed by atoms with Gasteiger partial charge in [-0.15, -0.1) is 11.8 Å². The summed E-state index contributed by atoms with van der Waals surface area (Å²) in [6, 6.07) is 19.8. The summed E-state index contributed by atoms with van der Waals surface area (Å²) in [5.41, 5.74) is 1.39. The lowest BCUT2D eigenvalue weighted by Crippen LogP contribution is -2.45. The molecular weight excluding hydrogens is 468 g/mol. The molecule has 0 aromatic heterocycles. The number of hydrogen-bond donors (Lipinski definition) is 2. The van der Waals surface area contributed by atoms with E-state index in [0.717, 1.165) is 10.5 Å². The molecule has 0 unspecified atom stereocenters. The summed E-state index contributed by atoms with van der Waals surface area (Å²) in [6.07, 6.45) is 2.10. The van der Waals surface area contributed by atoms with E-state index in [9.17, 15) is 13.2 Å². The molecule has 2 N–H and O–H groups in total. The Hall–Kier alpha value is -2.52. The van der Waals surface area contributed by atoms with Gasteiger partial charge in [0.2, 0.25) is 15.9 Å². The van der Waals surface area contributed by atoms with Crippen molar-refractivity contribution in [2.45, 2.75) is 22.3 Å². The zero-order valence-corrected chi connectivity index (χ0v) is 19.9. The second-order valence-electron chi connectivity index (χ2n) is 6.88. The number of nitrogens with one attached hydrogen (secondary N) is 2. The van der Waals surface area contributed by atoms with Crippen LogP contribution in [-0.4, -0.2) is 33.7 Å². The topological polar surface area (TPSA) is 84.5 Å². The standard InChI is InChI=1S/C23H23ClN2O4S2/c1-30-21-12-11-17(24)14-22(21)32(28,29)26-20(13-16-7-4-3-5-8-16)23(27)25-18-9-6-10-19(15-18)31-2/h3-12,14-15,20,26H,13H2,1-2H3,(H,25,27)/t20-/m0/s1. The van der Waals surface area contributed by atoms with Crippen molar-refractivity contribution in [2.24, 2.45) is 0 Å². The molecule has 6 nitrogen and oxygen atoms in total. The summed E-state index contributed by atoms with van der Waals surface area (Å²) in [5.74, 6) is -0.342. The van der Waals surface area contributed by atoms with Crippen LogP contribution in [0.1, 0.15) is 5.56 Å². The van der Waals surface area contributed by atoms with Gasteiger partial charge >= 0.3 is 0 Å². The maximum Gasteiger partial charge on any atom is 0.245 e. The Kier molecular flexibility index (Phi) is 8.20. The van der Waals surface area contributed by atoms with Crippen molar-refractivity contribution in [1.82, 2.24) is 4.72 Å². The molecule has 168 valence electrons. The summed E-state index contributed by atoms with van der Waals surface area (Å²) in [6.45, 7) is 0. The monoisotopic (exact) mass is 490 g/mol. The number of hydrogen-bond acceptors (Lipinski definition) is 5. The Morgan fingerprint density at radius 2 is 1.81 bits per heavy atom. The molecule has 0 saturated heterocycles. The van der Waals surface area contributed by atoms with Crippen LogP contribution >= 0.6 is 23.4 Å². The number of carbonyl (C=O) groups excluding carboxylic acids is 1. The molecule has 0 aliphatic rings. The molecule has 3 rings (SSSR count). The van der Waals surface area contributed by atoms with E-state index in [4.69, 9.17) is 16.3 Å². The number of ether oxygens (including phenoxy) is 1. The third-order valence-electron chi connectivity index (χ3n) is 4.65. The number of amides is 1. The molecule has 0 saturated carbocycles. The maximum atomic E-state index is 13.2. The van der Waals surface area contributed by atoms with Crippen LogP contribution in [0.4, 0.5) is 5.69 Å². The first-order valence-electron chi connectivity index (χ1n) is 9.67. The Morgan fingerprint density at radius 1 is 1.06 bits per heavy atom. The van der Waals surface area contributed by atoms with Crippen molar-refractivity contribution in [3.63, 3.8) is 0 Å². The highest BCUT2D eigenvalue weighted by atomic mass is 35.5. The van der Waals surface area contributed by atoms with Crippen LogP contribution in [0.5, 0.6) is 5.75 Å². The van der Waals surface area contributed by atoms with Crippen molar-refractivity contribution >= 4 is 45.0 Å². The average molecular weight is 491 g/mol. The fourth-order valence-electron chi connectivity index (χ4n) is 3.08. The number of anilines is 1. The van der Waals surface area contributed by atoms with Crippen LogP contribution in [0.2, 0.25) is 5.02 Å². The lowest BCUT2D eigenvalue weighted by molar-refractivity contribution is -0.117. The molecule has 0 spiro atoms. The quantitative estimate of drug-likeness (QED) is 0.428. The maximum absolute atomic E-state index is 13.2. The summed E-state index contributed by atoms with van der Waals surface area (Å²) < 4.78 is 34.1. The van der Waals surface area contributed by atoms with E-state index in [1.54, 1.807) is 17.8 Å². The SMILES string of the molecule is COc1ccc(Cl)cc1S(=O)(=O)N[C@@H](Cc1ccccc1)C(=O)Nc1cccc(SC)c1. The molecule has 1 amide bonds. The zero-order chi connectivity index (χ0) is 23.1.